The summed E-state index contributed by atoms with van der Waals surface area (Å²) >= 11 is 1.50. The minimum absolute atomic E-state index is 0.522. The fourth-order valence-corrected chi connectivity index (χ4v) is 3.56. The zero-order valence-electron chi connectivity index (χ0n) is 16.8. The smallest absolute Gasteiger partial charge is 0.276 e. The summed E-state index contributed by atoms with van der Waals surface area (Å²) in [6, 6.07) is 14.1. The van der Waals surface area contributed by atoms with Gasteiger partial charge in [0.15, 0.2) is 0 Å². The van der Waals surface area contributed by atoms with Crippen molar-refractivity contribution in [3.05, 3.63) is 65.0 Å². The Labute approximate surface area is 170 Å². The summed E-state index contributed by atoms with van der Waals surface area (Å²) in [4.78, 5) is 0. The number of rotatable bonds is 9. The van der Waals surface area contributed by atoms with Gasteiger partial charge in [-0.1, -0.05) is 43.8 Å². The Kier molecular flexibility index (Phi) is 6.98. The van der Waals surface area contributed by atoms with Crippen molar-refractivity contribution >= 4 is 11.8 Å². The molecule has 0 saturated heterocycles. The monoisotopic (exact) mass is 398 g/mol. The third-order valence-corrected chi connectivity index (χ3v) is 5.19. The number of aromatic nitrogens is 2. The minimum Gasteiger partial charge on any atom is -0.497 e. The van der Waals surface area contributed by atoms with Crippen LogP contribution in [0.1, 0.15) is 42.3 Å². The number of hydrogen-bond donors (Lipinski definition) is 0. The van der Waals surface area contributed by atoms with Gasteiger partial charge in [0.1, 0.15) is 11.5 Å². The van der Waals surface area contributed by atoms with E-state index in [4.69, 9.17) is 13.9 Å². The molecule has 6 heteroatoms. The Morgan fingerprint density at radius 3 is 2.46 bits per heavy atom. The standard InChI is InChI=1S/C22H26N2O3S/c1-15(2)20-10-9-19(13-16(20)3)26-11-12-28-22-24-23-21(27-22)14-17-5-7-18(25-4)8-6-17/h5-10,13,15H,11-12,14H2,1-4H3. The van der Waals surface area contributed by atoms with Crippen molar-refractivity contribution in [2.45, 2.75) is 38.3 Å². The topological polar surface area (TPSA) is 57.4 Å². The Morgan fingerprint density at radius 2 is 1.79 bits per heavy atom. The first-order chi connectivity index (χ1) is 13.5. The molecule has 0 amide bonds. The molecule has 0 aliphatic heterocycles. The quantitative estimate of drug-likeness (QED) is 0.361. The lowest BCUT2D eigenvalue weighted by Gasteiger charge is -2.12. The second-order valence-electron chi connectivity index (χ2n) is 6.86. The van der Waals surface area contributed by atoms with Gasteiger partial charge >= 0.3 is 0 Å². The highest BCUT2D eigenvalue weighted by Crippen LogP contribution is 2.24. The predicted molar refractivity (Wildman–Crippen MR) is 112 cm³/mol. The van der Waals surface area contributed by atoms with E-state index in [1.165, 1.54) is 22.9 Å². The van der Waals surface area contributed by atoms with E-state index in [1.54, 1.807) is 7.11 Å². The summed E-state index contributed by atoms with van der Waals surface area (Å²) in [5, 5.41) is 8.79. The Morgan fingerprint density at radius 1 is 1.04 bits per heavy atom. The summed E-state index contributed by atoms with van der Waals surface area (Å²) in [6.07, 6.45) is 0.607. The second-order valence-corrected chi connectivity index (χ2v) is 7.90. The third-order valence-electron chi connectivity index (χ3n) is 4.40. The van der Waals surface area contributed by atoms with E-state index in [0.29, 0.717) is 30.1 Å². The van der Waals surface area contributed by atoms with Crippen molar-refractivity contribution in [3.8, 4) is 11.5 Å². The van der Waals surface area contributed by atoms with Crippen LogP contribution in [-0.4, -0.2) is 29.7 Å². The van der Waals surface area contributed by atoms with Gasteiger partial charge in [-0.05, 0) is 53.8 Å². The van der Waals surface area contributed by atoms with E-state index in [2.05, 4.69) is 43.1 Å². The molecule has 5 nitrogen and oxygen atoms in total. The highest BCUT2D eigenvalue weighted by Gasteiger charge is 2.09. The van der Waals surface area contributed by atoms with Crippen LogP contribution in [0.5, 0.6) is 11.5 Å². The maximum absolute atomic E-state index is 5.85. The molecule has 0 bridgehead atoms. The van der Waals surface area contributed by atoms with Gasteiger partial charge in [0.25, 0.3) is 5.22 Å². The SMILES string of the molecule is COc1ccc(Cc2nnc(SCCOc3ccc(C(C)C)c(C)c3)o2)cc1. The number of benzene rings is 2. The van der Waals surface area contributed by atoms with E-state index in [1.807, 2.05) is 30.3 Å². The summed E-state index contributed by atoms with van der Waals surface area (Å²) in [6.45, 7) is 7.11. The number of aryl methyl sites for hydroxylation is 1. The Hall–Kier alpha value is -2.47. The number of hydrogen-bond acceptors (Lipinski definition) is 6. The molecule has 3 aromatic rings. The molecular weight excluding hydrogens is 372 g/mol. The molecule has 0 unspecified atom stereocenters. The lowest BCUT2D eigenvalue weighted by molar-refractivity contribution is 0.342. The fraction of sp³-hybridized carbons (Fsp3) is 0.364. The van der Waals surface area contributed by atoms with Crippen LogP contribution in [0, 0.1) is 6.92 Å². The highest BCUT2D eigenvalue weighted by molar-refractivity contribution is 7.99. The van der Waals surface area contributed by atoms with Crippen LogP contribution in [-0.2, 0) is 6.42 Å². The van der Waals surface area contributed by atoms with Crippen LogP contribution in [0.3, 0.4) is 0 Å². The molecule has 1 heterocycles. The lowest BCUT2D eigenvalue weighted by Crippen LogP contribution is -2.01. The number of ether oxygens (including phenoxy) is 2. The molecule has 0 N–H and O–H groups in total. The van der Waals surface area contributed by atoms with Crippen molar-refractivity contribution in [2.24, 2.45) is 0 Å². The van der Waals surface area contributed by atoms with Gasteiger partial charge in [0, 0.05) is 5.75 Å². The number of thioether (sulfide) groups is 1. The van der Waals surface area contributed by atoms with Crippen LogP contribution in [0.15, 0.2) is 52.1 Å². The van der Waals surface area contributed by atoms with E-state index in [-0.39, 0.29) is 0 Å². The van der Waals surface area contributed by atoms with Gasteiger partial charge in [-0.2, -0.15) is 0 Å². The van der Waals surface area contributed by atoms with Crippen LogP contribution < -0.4 is 9.47 Å². The van der Waals surface area contributed by atoms with Crippen LogP contribution in [0.25, 0.3) is 0 Å². The van der Waals surface area contributed by atoms with Crippen molar-refractivity contribution in [1.29, 1.82) is 0 Å². The molecule has 28 heavy (non-hydrogen) atoms. The van der Waals surface area contributed by atoms with Gasteiger partial charge in [0.2, 0.25) is 5.89 Å². The van der Waals surface area contributed by atoms with Gasteiger partial charge in [-0.3, -0.25) is 0 Å². The van der Waals surface area contributed by atoms with E-state index in [0.717, 1.165) is 22.8 Å². The summed E-state index contributed by atoms with van der Waals surface area (Å²) in [7, 11) is 1.65. The van der Waals surface area contributed by atoms with Crippen molar-refractivity contribution in [1.82, 2.24) is 10.2 Å². The highest BCUT2D eigenvalue weighted by atomic mass is 32.2. The van der Waals surface area contributed by atoms with Gasteiger partial charge in [-0.25, -0.2) is 0 Å². The second kappa shape index (κ2) is 9.64. The normalized spacial score (nSPS) is 11.0. The predicted octanol–water partition coefficient (Wildman–Crippen LogP) is 5.27. The molecule has 0 aliphatic carbocycles. The first-order valence-electron chi connectivity index (χ1n) is 9.36. The van der Waals surface area contributed by atoms with E-state index in [9.17, 15) is 0 Å². The first-order valence-corrected chi connectivity index (χ1v) is 10.3. The third kappa shape index (κ3) is 5.52. The first kappa shape index (κ1) is 20.3. The summed E-state index contributed by atoms with van der Waals surface area (Å²) in [5.74, 6) is 3.60. The molecular formula is C22H26N2O3S. The van der Waals surface area contributed by atoms with Crippen molar-refractivity contribution in [3.63, 3.8) is 0 Å². The molecule has 0 saturated carbocycles. The van der Waals surface area contributed by atoms with Gasteiger partial charge in [-0.15, -0.1) is 10.2 Å². The molecule has 0 fully saturated rings. The number of nitrogens with zero attached hydrogens (tertiary/aromatic N) is 2. The molecule has 0 aliphatic rings. The van der Waals surface area contributed by atoms with E-state index < -0.39 is 0 Å². The zero-order valence-corrected chi connectivity index (χ0v) is 17.6. The van der Waals surface area contributed by atoms with Crippen molar-refractivity contribution < 1.29 is 13.9 Å². The van der Waals surface area contributed by atoms with Crippen LogP contribution in [0.4, 0.5) is 0 Å². The Balaban J connectivity index is 1.45. The number of methoxy groups -OCH3 is 1. The molecule has 1 aromatic heterocycles. The maximum Gasteiger partial charge on any atom is 0.276 e. The molecule has 2 aromatic carbocycles. The average molecular weight is 399 g/mol. The lowest BCUT2D eigenvalue weighted by atomic mass is 9.98. The molecule has 3 rings (SSSR count). The fourth-order valence-electron chi connectivity index (χ4n) is 2.96. The summed E-state index contributed by atoms with van der Waals surface area (Å²) in [5.41, 5.74) is 3.72. The van der Waals surface area contributed by atoms with Gasteiger partial charge < -0.3 is 13.9 Å². The maximum atomic E-state index is 5.85. The van der Waals surface area contributed by atoms with E-state index >= 15 is 0 Å². The molecule has 148 valence electrons. The summed E-state index contributed by atoms with van der Waals surface area (Å²) < 4.78 is 16.7. The Bertz CT molecular complexity index is 891. The minimum atomic E-state index is 0.522. The molecule has 0 spiro atoms. The van der Waals surface area contributed by atoms with Crippen molar-refractivity contribution in [2.75, 3.05) is 19.5 Å². The average Bonchev–Trinajstić information content (AvgIpc) is 3.13. The molecule has 0 atom stereocenters. The molecule has 0 radical (unpaired) electrons. The van der Waals surface area contributed by atoms with Crippen LogP contribution in [0.2, 0.25) is 0 Å². The van der Waals surface area contributed by atoms with Gasteiger partial charge in [0.05, 0.1) is 20.1 Å². The zero-order chi connectivity index (χ0) is 19.9. The van der Waals surface area contributed by atoms with Crippen LogP contribution >= 0.6 is 11.8 Å². The largest absolute Gasteiger partial charge is 0.497 e.